The Morgan fingerprint density at radius 3 is 2.52 bits per heavy atom. The number of para-hydroxylation sites is 1. The molecular weight excluding hydrogens is 286 g/mol. The summed E-state index contributed by atoms with van der Waals surface area (Å²) >= 11 is 0. The molecule has 0 aliphatic carbocycles. The fourth-order valence-electron chi connectivity index (χ4n) is 2.88. The largest absolute Gasteiger partial charge is 0.463 e. The summed E-state index contributed by atoms with van der Waals surface area (Å²) in [5.74, 6) is -0.320. The van der Waals surface area contributed by atoms with Gasteiger partial charge in [0.2, 0.25) is 0 Å². The van der Waals surface area contributed by atoms with Crippen LogP contribution < -0.4 is 0 Å². The quantitative estimate of drug-likeness (QED) is 0.528. The third-order valence-corrected chi connectivity index (χ3v) is 3.87. The molecule has 0 fully saturated rings. The molecule has 0 amide bonds. The molecular formula is C20H19NO2. The summed E-state index contributed by atoms with van der Waals surface area (Å²) in [6.45, 7) is 2.18. The fourth-order valence-corrected chi connectivity index (χ4v) is 2.88. The number of aromatic nitrogens is 1. The molecule has 0 saturated heterocycles. The van der Waals surface area contributed by atoms with Crippen LogP contribution in [0.2, 0.25) is 0 Å². The van der Waals surface area contributed by atoms with Crippen molar-refractivity contribution in [2.24, 2.45) is 7.05 Å². The second-order valence-electron chi connectivity index (χ2n) is 5.29. The van der Waals surface area contributed by atoms with Crippen LogP contribution in [0.4, 0.5) is 0 Å². The molecule has 0 bridgehead atoms. The fraction of sp³-hybridized carbons (Fsp3) is 0.150. The van der Waals surface area contributed by atoms with Crippen LogP contribution in [-0.4, -0.2) is 17.1 Å². The van der Waals surface area contributed by atoms with Gasteiger partial charge < -0.3 is 9.30 Å². The second-order valence-corrected chi connectivity index (χ2v) is 5.29. The van der Waals surface area contributed by atoms with Crippen molar-refractivity contribution in [3.63, 3.8) is 0 Å². The summed E-state index contributed by atoms with van der Waals surface area (Å²) in [7, 11) is 2.05. The van der Waals surface area contributed by atoms with Crippen LogP contribution in [0.3, 0.4) is 0 Å². The van der Waals surface area contributed by atoms with Gasteiger partial charge in [-0.2, -0.15) is 0 Å². The van der Waals surface area contributed by atoms with Crippen molar-refractivity contribution >= 4 is 22.9 Å². The molecule has 0 atom stereocenters. The zero-order valence-corrected chi connectivity index (χ0v) is 13.3. The predicted molar refractivity (Wildman–Crippen MR) is 94.0 cm³/mol. The summed E-state index contributed by atoms with van der Waals surface area (Å²) in [4.78, 5) is 11.7. The normalized spacial score (nSPS) is 11.2. The van der Waals surface area contributed by atoms with Gasteiger partial charge in [-0.05, 0) is 24.6 Å². The monoisotopic (exact) mass is 305 g/mol. The van der Waals surface area contributed by atoms with Crippen molar-refractivity contribution in [1.82, 2.24) is 4.57 Å². The van der Waals surface area contributed by atoms with E-state index >= 15 is 0 Å². The lowest BCUT2D eigenvalue weighted by Gasteiger charge is -2.06. The molecule has 23 heavy (non-hydrogen) atoms. The Kier molecular flexibility index (Phi) is 4.29. The van der Waals surface area contributed by atoms with Gasteiger partial charge in [0.05, 0.1) is 12.3 Å². The first-order chi connectivity index (χ1) is 11.2. The van der Waals surface area contributed by atoms with E-state index in [2.05, 4.69) is 28.8 Å². The number of aryl methyl sites for hydroxylation is 1. The minimum Gasteiger partial charge on any atom is -0.463 e. The molecule has 1 aromatic heterocycles. The number of hydrogen-bond donors (Lipinski definition) is 0. The number of fused-ring (bicyclic) bond motifs is 1. The van der Waals surface area contributed by atoms with E-state index in [1.165, 1.54) is 6.08 Å². The molecule has 116 valence electrons. The maximum atomic E-state index is 11.7. The maximum Gasteiger partial charge on any atom is 0.330 e. The maximum absolute atomic E-state index is 11.7. The van der Waals surface area contributed by atoms with Gasteiger partial charge in [0.25, 0.3) is 0 Å². The lowest BCUT2D eigenvalue weighted by molar-refractivity contribution is -0.137. The van der Waals surface area contributed by atoms with Gasteiger partial charge in [0.1, 0.15) is 0 Å². The van der Waals surface area contributed by atoms with E-state index in [9.17, 15) is 4.79 Å². The molecule has 3 nitrogen and oxygen atoms in total. The van der Waals surface area contributed by atoms with E-state index in [1.54, 1.807) is 6.92 Å². The van der Waals surface area contributed by atoms with Gasteiger partial charge in [0.15, 0.2) is 0 Å². The van der Waals surface area contributed by atoms with Crippen LogP contribution in [0.15, 0.2) is 60.7 Å². The van der Waals surface area contributed by atoms with Crippen molar-refractivity contribution in [1.29, 1.82) is 0 Å². The van der Waals surface area contributed by atoms with Crippen LogP contribution >= 0.6 is 0 Å². The highest BCUT2D eigenvalue weighted by Crippen LogP contribution is 2.33. The molecule has 0 saturated carbocycles. The van der Waals surface area contributed by atoms with Gasteiger partial charge in [-0.25, -0.2) is 4.79 Å². The Morgan fingerprint density at radius 2 is 1.78 bits per heavy atom. The number of esters is 1. The average Bonchev–Trinajstić information content (AvgIpc) is 2.87. The van der Waals surface area contributed by atoms with Crippen molar-refractivity contribution < 1.29 is 9.53 Å². The first kappa shape index (κ1) is 15.1. The van der Waals surface area contributed by atoms with Crippen LogP contribution in [0.1, 0.15) is 12.5 Å². The van der Waals surface area contributed by atoms with Crippen LogP contribution in [0, 0.1) is 0 Å². The summed E-state index contributed by atoms with van der Waals surface area (Å²) < 4.78 is 7.16. The zero-order chi connectivity index (χ0) is 16.2. The highest BCUT2D eigenvalue weighted by atomic mass is 16.5. The molecule has 0 aliphatic rings. The summed E-state index contributed by atoms with van der Waals surface area (Å²) in [6.07, 6.45) is 3.35. The van der Waals surface area contributed by atoms with E-state index < -0.39 is 0 Å². The number of carbonyl (C=O) groups is 1. The Bertz CT molecular complexity index is 860. The minimum absolute atomic E-state index is 0.320. The Hall–Kier alpha value is -2.81. The van der Waals surface area contributed by atoms with Crippen molar-refractivity contribution in [3.05, 3.63) is 66.2 Å². The number of hydrogen-bond acceptors (Lipinski definition) is 2. The topological polar surface area (TPSA) is 31.2 Å². The van der Waals surface area contributed by atoms with Gasteiger partial charge in [-0.3, -0.25) is 0 Å². The smallest absolute Gasteiger partial charge is 0.330 e. The highest BCUT2D eigenvalue weighted by molar-refractivity contribution is 6.00. The van der Waals surface area contributed by atoms with E-state index in [0.717, 1.165) is 27.7 Å². The molecule has 0 N–H and O–H groups in total. The summed E-state index contributed by atoms with van der Waals surface area (Å²) in [6, 6.07) is 18.4. The number of rotatable bonds is 4. The first-order valence-electron chi connectivity index (χ1n) is 7.70. The molecule has 0 unspecified atom stereocenters. The van der Waals surface area contributed by atoms with Crippen molar-refractivity contribution in [3.8, 4) is 11.3 Å². The lowest BCUT2D eigenvalue weighted by Crippen LogP contribution is -1.98. The van der Waals surface area contributed by atoms with Gasteiger partial charge in [0, 0.05) is 29.6 Å². The second kappa shape index (κ2) is 6.53. The van der Waals surface area contributed by atoms with Gasteiger partial charge >= 0.3 is 5.97 Å². The summed E-state index contributed by atoms with van der Waals surface area (Å²) in [5.41, 5.74) is 4.37. The third-order valence-electron chi connectivity index (χ3n) is 3.87. The lowest BCUT2D eigenvalue weighted by atomic mass is 10.0. The van der Waals surface area contributed by atoms with Gasteiger partial charge in [-0.15, -0.1) is 0 Å². The van der Waals surface area contributed by atoms with Crippen molar-refractivity contribution in [2.45, 2.75) is 6.92 Å². The predicted octanol–water partition coefficient (Wildman–Crippen LogP) is 4.42. The molecule has 0 spiro atoms. The van der Waals surface area contributed by atoms with E-state index in [1.807, 2.05) is 43.5 Å². The van der Waals surface area contributed by atoms with E-state index in [-0.39, 0.29) is 5.97 Å². The Labute approximate surface area is 135 Å². The first-order valence-corrected chi connectivity index (χ1v) is 7.70. The molecule has 3 aromatic rings. The van der Waals surface area contributed by atoms with Crippen LogP contribution in [0.25, 0.3) is 28.2 Å². The molecule has 2 aromatic carbocycles. The number of benzene rings is 2. The highest BCUT2D eigenvalue weighted by Gasteiger charge is 2.14. The molecule has 1 heterocycles. The molecule has 0 radical (unpaired) electrons. The van der Waals surface area contributed by atoms with E-state index in [0.29, 0.717) is 6.61 Å². The van der Waals surface area contributed by atoms with Crippen LogP contribution in [0.5, 0.6) is 0 Å². The van der Waals surface area contributed by atoms with Crippen molar-refractivity contribution in [2.75, 3.05) is 6.61 Å². The number of nitrogens with zero attached hydrogens (tertiary/aromatic N) is 1. The van der Waals surface area contributed by atoms with Gasteiger partial charge in [-0.1, -0.05) is 48.5 Å². The standard InChI is InChI=1S/C20H19NO2/c1-3-23-19(22)14-13-17-16-11-7-8-12-18(16)21(2)20(17)15-9-5-4-6-10-15/h4-14H,3H2,1-2H3/b14-13+. The third kappa shape index (κ3) is 2.90. The zero-order valence-electron chi connectivity index (χ0n) is 13.3. The molecule has 3 rings (SSSR count). The average molecular weight is 305 g/mol. The van der Waals surface area contributed by atoms with E-state index in [4.69, 9.17) is 4.74 Å². The Morgan fingerprint density at radius 1 is 1.09 bits per heavy atom. The SMILES string of the molecule is CCOC(=O)/C=C/c1c(-c2ccccc2)n(C)c2ccccc12. The molecule has 3 heteroatoms. The Balaban J connectivity index is 2.20. The number of ether oxygens (including phenoxy) is 1. The number of carbonyl (C=O) groups excluding carboxylic acids is 1. The van der Waals surface area contributed by atoms with Crippen LogP contribution in [-0.2, 0) is 16.6 Å². The summed E-state index contributed by atoms with van der Waals surface area (Å²) in [5, 5.41) is 1.12. The molecule has 0 aliphatic heterocycles. The minimum atomic E-state index is -0.320.